The minimum absolute atomic E-state index is 0.000477. The minimum atomic E-state index is 0.000477. The Morgan fingerprint density at radius 1 is 0.833 bits per heavy atom. The summed E-state index contributed by atoms with van der Waals surface area (Å²) < 4.78 is 5.88. The van der Waals surface area contributed by atoms with Crippen molar-refractivity contribution in [2.75, 3.05) is 32.0 Å². The highest BCUT2D eigenvalue weighted by Crippen LogP contribution is 2.25. The molecule has 42 heavy (non-hydrogen) atoms. The van der Waals surface area contributed by atoms with Crippen LogP contribution < -0.4 is 4.74 Å². The largest absolute Gasteiger partial charge is 0.494 e. The van der Waals surface area contributed by atoms with Crippen molar-refractivity contribution in [3.05, 3.63) is 101 Å². The van der Waals surface area contributed by atoms with E-state index in [2.05, 4.69) is 82.9 Å². The molecule has 0 amide bonds. The maximum atomic E-state index is 12.8. The summed E-state index contributed by atoms with van der Waals surface area (Å²) in [5.74, 6) is 1.74. The predicted octanol–water partition coefficient (Wildman–Crippen LogP) is 10.6. The molecule has 0 aliphatic carbocycles. The van der Waals surface area contributed by atoms with Crippen LogP contribution in [0.2, 0.25) is 0 Å². The van der Waals surface area contributed by atoms with Gasteiger partial charge in [-0.15, -0.1) is 11.8 Å². The van der Waals surface area contributed by atoms with Gasteiger partial charge in [-0.1, -0.05) is 67.0 Å². The first-order valence-corrected chi connectivity index (χ1v) is 16.6. The molecule has 0 spiro atoms. The fourth-order valence-corrected chi connectivity index (χ4v) is 5.53. The number of unbranched alkanes of at least 4 members (excludes halogenated alkanes) is 1. The van der Waals surface area contributed by atoms with E-state index in [0.717, 1.165) is 75.2 Å². The van der Waals surface area contributed by atoms with E-state index >= 15 is 0 Å². The summed E-state index contributed by atoms with van der Waals surface area (Å²) in [6, 6.07) is 15.8. The first kappa shape index (κ1) is 35.4. The van der Waals surface area contributed by atoms with E-state index in [0.29, 0.717) is 12.2 Å². The molecule has 0 heterocycles. The zero-order chi connectivity index (χ0) is 30.6. The smallest absolute Gasteiger partial charge is 0.185 e. The Kier molecular flexibility index (Phi) is 17.7. The summed E-state index contributed by atoms with van der Waals surface area (Å²) in [6.07, 6.45) is 17.3. The molecule has 0 bridgehead atoms. The van der Waals surface area contributed by atoms with Gasteiger partial charge in [0, 0.05) is 16.2 Å². The molecule has 0 radical (unpaired) electrons. The van der Waals surface area contributed by atoms with Gasteiger partial charge < -0.3 is 9.64 Å². The molecular formula is C38H53NO2S. The average Bonchev–Trinajstić information content (AvgIpc) is 2.98. The van der Waals surface area contributed by atoms with Gasteiger partial charge in [0.15, 0.2) is 5.78 Å². The zero-order valence-electron chi connectivity index (χ0n) is 27.0. The highest BCUT2D eigenvalue weighted by Gasteiger charge is 2.05. The molecule has 228 valence electrons. The highest BCUT2D eigenvalue weighted by atomic mass is 32.2. The fourth-order valence-electron chi connectivity index (χ4n) is 4.51. The van der Waals surface area contributed by atoms with Crippen LogP contribution in [-0.4, -0.2) is 42.7 Å². The Morgan fingerprint density at radius 3 is 2.19 bits per heavy atom. The van der Waals surface area contributed by atoms with E-state index in [4.69, 9.17) is 4.74 Å². The Morgan fingerprint density at radius 2 is 1.50 bits per heavy atom. The number of thioether (sulfide) groups is 1. The first-order chi connectivity index (χ1) is 20.3. The lowest BCUT2D eigenvalue weighted by molar-refractivity contribution is 0.104. The first-order valence-electron chi connectivity index (χ1n) is 15.7. The van der Waals surface area contributed by atoms with E-state index in [1.165, 1.54) is 21.6 Å². The normalized spacial score (nSPS) is 12.3. The van der Waals surface area contributed by atoms with Crippen molar-refractivity contribution in [2.45, 2.75) is 85.0 Å². The van der Waals surface area contributed by atoms with Gasteiger partial charge in [-0.05, 0) is 134 Å². The van der Waals surface area contributed by atoms with Gasteiger partial charge in [-0.25, -0.2) is 0 Å². The summed E-state index contributed by atoms with van der Waals surface area (Å²) >= 11 is 1.81. The van der Waals surface area contributed by atoms with Crippen molar-refractivity contribution in [3.8, 4) is 5.75 Å². The van der Waals surface area contributed by atoms with Crippen molar-refractivity contribution in [2.24, 2.45) is 0 Å². The lowest BCUT2D eigenvalue weighted by Crippen LogP contribution is -2.24. The zero-order valence-corrected chi connectivity index (χ0v) is 27.8. The van der Waals surface area contributed by atoms with Gasteiger partial charge in [0.1, 0.15) is 5.75 Å². The molecule has 4 heteroatoms. The van der Waals surface area contributed by atoms with E-state index in [1.54, 1.807) is 6.08 Å². The van der Waals surface area contributed by atoms with Crippen LogP contribution in [0, 0.1) is 0 Å². The summed E-state index contributed by atoms with van der Waals surface area (Å²) in [7, 11) is 0. The van der Waals surface area contributed by atoms with E-state index in [1.807, 2.05) is 48.2 Å². The van der Waals surface area contributed by atoms with Crippen LogP contribution in [0.3, 0.4) is 0 Å². The predicted molar refractivity (Wildman–Crippen MR) is 185 cm³/mol. The molecule has 0 N–H and O–H groups in total. The Bertz CT molecular complexity index is 1180. The third kappa shape index (κ3) is 14.9. The summed E-state index contributed by atoms with van der Waals surface area (Å²) in [4.78, 5) is 16.5. The van der Waals surface area contributed by atoms with Crippen molar-refractivity contribution in [3.63, 3.8) is 0 Å². The summed E-state index contributed by atoms with van der Waals surface area (Å²) in [5, 5.41) is 0. The van der Waals surface area contributed by atoms with Crippen LogP contribution in [-0.2, 0) is 0 Å². The van der Waals surface area contributed by atoms with Gasteiger partial charge in [0.05, 0.1) is 6.61 Å². The molecule has 0 unspecified atom stereocenters. The standard InChI is InChI=1S/C38H53NO2S/c1-7-39(8-2)28-11-12-29-41-36-24-21-34(22-25-36)37(40)26-23-35-19-9-10-20-38(35)42-30-27-33(6)18-14-17-32(5)16-13-15-31(3)4/h9-10,15,17,19-27H,7-8,11-14,16,18,28-30H2,1-6H3/b26-23+,32-17?,33-27?. The Labute approximate surface area is 260 Å². The van der Waals surface area contributed by atoms with Crippen LogP contribution in [0.1, 0.15) is 96.0 Å². The molecular weight excluding hydrogens is 534 g/mol. The molecule has 2 aromatic rings. The minimum Gasteiger partial charge on any atom is -0.494 e. The number of ether oxygens (including phenoxy) is 1. The number of carbonyl (C=O) groups excluding carboxylic acids is 1. The van der Waals surface area contributed by atoms with Gasteiger partial charge in [-0.3, -0.25) is 4.79 Å². The third-order valence-corrected chi connectivity index (χ3v) is 8.31. The number of ketones is 1. The topological polar surface area (TPSA) is 29.5 Å². The van der Waals surface area contributed by atoms with Crippen LogP contribution in [0.15, 0.2) is 94.4 Å². The summed E-state index contributed by atoms with van der Waals surface area (Å²) in [5.41, 5.74) is 6.04. The molecule has 0 saturated carbocycles. The fraction of sp³-hybridized carbons (Fsp3) is 0.447. The lowest BCUT2D eigenvalue weighted by atomic mass is 10.1. The second-order valence-corrected chi connectivity index (χ2v) is 12.2. The van der Waals surface area contributed by atoms with Gasteiger partial charge in [0.2, 0.25) is 0 Å². The molecule has 2 rings (SSSR count). The maximum Gasteiger partial charge on any atom is 0.185 e. The molecule has 0 aromatic heterocycles. The second kappa shape index (κ2) is 21.0. The number of nitrogens with zero attached hydrogens (tertiary/aromatic N) is 1. The molecule has 2 aromatic carbocycles. The summed E-state index contributed by atoms with van der Waals surface area (Å²) in [6.45, 7) is 17.2. The number of hydrogen-bond acceptors (Lipinski definition) is 4. The van der Waals surface area contributed by atoms with Crippen LogP contribution in [0.25, 0.3) is 6.08 Å². The molecule has 0 aliphatic rings. The average molecular weight is 588 g/mol. The second-order valence-electron chi connectivity index (χ2n) is 11.1. The molecule has 0 aliphatic heterocycles. The van der Waals surface area contributed by atoms with Crippen LogP contribution in [0.4, 0.5) is 0 Å². The van der Waals surface area contributed by atoms with E-state index in [-0.39, 0.29) is 5.78 Å². The quantitative estimate of drug-likeness (QED) is 0.0507. The van der Waals surface area contributed by atoms with Crippen molar-refractivity contribution in [1.82, 2.24) is 4.90 Å². The highest BCUT2D eigenvalue weighted by molar-refractivity contribution is 7.99. The van der Waals surface area contributed by atoms with Crippen molar-refractivity contribution >= 4 is 23.6 Å². The molecule has 0 atom stereocenters. The number of rotatable bonds is 20. The van der Waals surface area contributed by atoms with Crippen LogP contribution in [0.5, 0.6) is 5.75 Å². The van der Waals surface area contributed by atoms with Gasteiger partial charge in [0.25, 0.3) is 0 Å². The number of benzene rings is 2. The number of allylic oxidation sites excluding steroid dienone is 6. The number of hydrogen-bond donors (Lipinski definition) is 0. The molecule has 0 fully saturated rings. The number of carbonyl (C=O) groups is 1. The maximum absolute atomic E-state index is 12.8. The van der Waals surface area contributed by atoms with E-state index in [9.17, 15) is 4.79 Å². The van der Waals surface area contributed by atoms with Gasteiger partial charge >= 0.3 is 0 Å². The van der Waals surface area contributed by atoms with Crippen molar-refractivity contribution < 1.29 is 9.53 Å². The lowest BCUT2D eigenvalue weighted by Gasteiger charge is -2.17. The Hall–Kier alpha value is -2.82. The Balaban J connectivity index is 1.81. The SMILES string of the molecule is CCN(CC)CCCCOc1ccc(C(=O)/C=C/c2ccccc2SCC=C(C)CCC=C(C)CCC=C(C)C)cc1. The van der Waals surface area contributed by atoms with E-state index < -0.39 is 0 Å². The molecule has 0 saturated heterocycles. The monoisotopic (exact) mass is 587 g/mol. The van der Waals surface area contributed by atoms with Crippen molar-refractivity contribution in [1.29, 1.82) is 0 Å². The molecule has 3 nitrogen and oxygen atoms in total. The third-order valence-electron chi connectivity index (χ3n) is 7.30. The van der Waals surface area contributed by atoms with Gasteiger partial charge in [-0.2, -0.15) is 0 Å². The van der Waals surface area contributed by atoms with Crippen LogP contribution >= 0.6 is 11.8 Å².